The molecular formula is C19H38O3S. The highest BCUT2D eigenvalue weighted by Crippen LogP contribution is 2.11. The molecule has 4 heteroatoms. The van der Waals surface area contributed by atoms with Gasteiger partial charge in [-0.05, 0) is 38.4 Å². The third-order valence-corrected chi connectivity index (χ3v) is 4.26. The summed E-state index contributed by atoms with van der Waals surface area (Å²) >= 11 is 4.13. The summed E-state index contributed by atoms with van der Waals surface area (Å²) in [5.41, 5.74) is 0. The molecule has 0 aliphatic heterocycles. The number of carbonyl (C=O) groups excluding carboxylic acids is 1. The number of hydrogen-bond acceptors (Lipinski definition) is 4. The Bertz CT molecular complexity index is 247. The zero-order chi connectivity index (χ0) is 17.0. The Kier molecular flexibility index (Phi) is 19.6. The average Bonchev–Trinajstić information content (AvgIpc) is 2.55. The maximum absolute atomic E-state index is 11.4. The summed E-state index contributed by atoms with van der Waals surface area (Å²) in [5.74, 6) is 0.803. The lowest BCUT2D eigenvalue weighted by Crippen LogP contribution is -2.05. The van der Waals surface area contributed by atoms with E-state index in [1.165, 1.54) is 57.8 Å². The van der Waals surface area contributed by atoms with E-state index in [0.717, 1.165) is 38.2 Å². The van der Waals surface area contributed by atoms with Crippen molar-refractivity contribution < 1.29 is 14.3 Å². The van der Waals surface area contributed by atoms with Crippen molar-refractivity contribution >= 4 is 18.6 Å². The quantitative estimate of drug-likeness (QED) is 0.200. The molecule has 0 aromatic heterocycles. The van der Waals surface area contributed by atoms with Gasteiger partial charge in [-0.1, -0.05) is 51.4 Å². The molecule has 0 saturated carbocycles. The minimum Gasteiger partial charge on any atom is -0.466 e. The van der Waals surface area contributed by atoms with Crippen LogP contribution in [0.1, 0.15) is 90.4 Å². The molecule has 0 rings (SSSR count). The molecule has 0 N–H and O–H groups in total. The molecule has 0 fully saturated rings. The fourth-order valence-corrected chi connectivity index (χ4v) is 2.73. The van der Waals surface area contributed by atoms with Gasteiger partial charge < -0.3 is 9.47 Å². The highest BCUT2D eigenvalue weighted by Gasteiger charge is 2.01. The van der Waals surface area contributed by atoms with Gasteiger partial charge in [0.25, 0.3) is 0 Å². The van der Waals surface area contributed by atoms with Crippen LogP contribution in [-0.2, 0) is 14.3 Å². The molecule has 0 aromatic rings. The first-order chi connectivity index (χ1) is 11.3. The lowest BCUT2D eigenvalue weighted by molar-refractivity contribution is -0.143. The van der Waals surface area contributed by atoms with Crippen LogP contribution in [0.15, 0.2) is 0 Å². The van der Waals surface area contributed by atoms with Crippen LogP contribution in [0, 0.1) is 0 Å². The van der Waals surface area contributed by atoms with Crippen LogP contribution in [-0.4, -0.2) is 31.5 Å². The van der Waals surface area contributed by atoms with E-state index in [1.54, 1.807) is 0 Å². The zero-order valence-corrected chi connectivity index (χ0v) is 16.1. The zero-order valence-electron chi connectivity index (χ0n) is 15.2. The van der Waals surface area contributed by atoms with Gasteiger partial charge in [0, 0.05) is 19.6 Å². The SMILES string of the molecule is CCOCCCCCCCCCCCCOC(=O)CCCCS. The topological polar surface area (TPSA) is 35.5 Å². The second kappa shape index (κ2) is 19.8. The fourth-order valence-electron chi connectivity index (χ4n) is 2.50. The summed E-state index contributed by atoms with van der Waals surface area (Å²) in [4.78, 5) is 11.4. The van der Waals surface area contributed by atoms with Gasteiger partial charge in [-0.3, -0.25) is 4.79 Å². The Labute approximate surface area is 149 Å². The second-order valence-electron chi connectivity index (χ2n) is 6.13. The van der Waals surface area contributed by atoms with Crippen molar-refractivity contribution in [2.45, 2.75) is 90.4 Å². The summed E-state index contributed by atoms with van der Waals surface area (Å²) in [6.45, 7) is 4.42. The summed E-state index contributed by atoms with van der Waals surface area (Å²) in [5, 5.41) is 0. The van der Waals surface area contributed by atoms with Gasteiger partial charge in [-0.25, -0.2) is 0 Å². The first kappa shape index (κ1) is 22.8. The Morgan fingerprint density at radius 3 is 1.78 bits per heavy atom. The number of esters is 1. The predicted octanol–water partition coefficient (Wildman–Crippen LogP) is 5.57. The number of ether oxygens (including phenoxy) is 2. The largest absolute Gasteiger partial charge is 0.466 e. The molecule has 0 spiro atoms. The van der Waals surface area contributed by atoms with Crippen molar-refractivity contribution in [2.75, 3.05) is 25.6 Å². The molecule has 3 nitrogen and oxygen atoms in total. The van der Waals surface area contributed by atoms with E-state index in [1.807, 2.05) is 0 Å². The molecule has 0 heterocycles. The minimum absolute atomic E-state index is 0.0453. The summed E-state index contributed by atoms with van der Waals surface area (Å²) in [6, 6.07) is 0. The smallest absolute Gasteiger partial charge is 0.305 e. The van der Waals surface area contributed by atoms with Crippen LogP contribution < -0.4 is 0 Å². The van der Waals surface area contributed by atoms with Crippen molar-refractivity contribution in [3.05, 3.63) is 0 Å². The van der Waals surface area contributed by atoms with Crippen LogP contribution in [0.5, 0.6) is 0 Å². The van der Waals surface area contributed by atoms with Gasteiger partial charge in [-0.2, -0.15) is 12.6 Å². The normalized spacial score (nSPS) is 10.9. The van der Waals surface area contributed by atoms with E-state index in [4.69, 9.17) is 9.47 Å². The molecule has 23 heavy (non-hydrogen) atoms. The number of hydrogen-bond donors (Lipinski definition) is 1. The third-order valence-electron chi connectivity index (χ3n) is 3.94. The van der Waals surface area contributed by atoms with Gasteiger partial charge in [0.1, 0.15) is 0 Å². The van der Waals surface area contributed by atoms with Crippen LogP contribution in [0.2, 0.25) is 0 Å². The molecule has 0 saturated heterocycles. The first-order valence-electron chi connectivity index (χ1n) is 9.65. The van der Waals surface area contributed by atoms with Crippen molar-refractivity contribution in [3.63, 3.8) is 0 Å². The van der Waals surface area contributed by atoms with Crippen molar-refractivity contribution in [1.29, 1.82) is 0 Å². The maximum Gasteiger partial charge on any atom is 0.305 e. The molecule has 0 unspecified atom stereocenters. The van der Waals surface area contributed by atoms with Gasteiger partial charge >= 0.3 is 5.97 Å². The molecule has 0 aliphatic rings. The monoisotopic (exact) mass is 346 g/mol. The highest BCUT2D eigenvalue weighted by molar-refractivity contribution is 7.80. The first-order valence-corrected chi connectivity index (χ1v) is 10.3. The Morgan fingerprint density at radius 2 is 1.26 bits per heavy atom. The maximum atomic E-state index is 11.4. The predicted molar refractivity (Wildman–Crippen MR) is 101 cm³/mol. The van der Waals surface area contributed by atoms with Crippen molar-refractivity contribution in [2.24, 2.45) is 0 Å². The van der Waals surface area contributed by atoms with Crippen molar-refractivity contribution in [1.82, 2.24) is 0 Å². The summed E-state index contributed by atoms with van der Waals surface area (Å²) in [7, 11) is 0. The highest BCUT2D eigenvalue weighted by atomic mass is 32.1. The molecule has 0 bridgehead atoms. The third kappa shape index (κ3) is 19.7. The van der Waals surface area contributed by atoms with E-state index in [2.05, 4.69) is 19.6 Å². The van der Waals surface area contributed by atoms with Crippen LogP contribution in [0.4, 0.5) is 0 Å². The molecule has 0 radical (unpaired) electrons. The number of thiol groups is 1. The van der Waals surface area contributed by atoms with Gasteiger partial charge in [0.05, 0.1) is 6.61 Å². The fraction of sp³-hybridized carbons (Fsp3) is 0.947. The molecular weight excluding hydrogens is 308 g/mol. The Morgan fingerprint density at radius 1 is 0.739 bits per heavy atom. The number of rotatable bonds is 18. The van der Waals surface area contributed by atoms with E-state index < -0.39 is 0 Å². The van der Waals surface area contributed by atoms with Gasteiger partial charge in [-0.15, -0.1) is 0 Å². The van der Waals surface area contributed by atoms with Crippen LogP contribution in [0.3, 0.4) is 0 Å². The lowest BCUT2D eigenvalue weighted by Gasteiger charge is -2.05. The number of carbonyl (C=O) groups is 1. The van der Waals surface area contributed by atoms with E-state index in [0.29, 0.717) is 13.0 Å². The molecule has 0 aliphatic carbocycles. The summed E-state index contributed by atoms with van der Waals surface area (Å²) < 4.78 is 10.5. The molecule has 0 amide bonds. The van der Waals surface area contributed by atoms with E-state index >= 15 is 0 Å². The van der Waals surface area contributed by atoms with Crippen LogP contribution in [0.25, 0.3) is 0 Å². The lowest BCUT2D eigenvalue weighted by atomic mass is 10.1. The molecule has 0 aromatic carbocycles. The second-order valence-corrected chi connectivity index (χ2v) is 6.58. The standard InChI is InChI=1S/C19H38O3S/c1-2-21-16-12-9-7-5-3-4-6-8-10-13-17-22-19(20)15-11-14-18-23/h23H,2-18H2,1H3. The van der Waals surface area contributed by atoms with E-state index in [9.17, 15) is 4.79 Å². The Balaban J connectivity index is 3.06. The van der Waals surface area contributed by atoms with E-state index in [-0.39, 0.29) is 5.97 Å². The minimum atomic E-state index is -0.0453. The van der Waals surface area contributed by atoms with Crippen molar-refractivity contribution in [3.8, 4) is 0 Å². The average molecular weight is 347 g/mol. The summed E-state index contributed by atoms with van der Waals surface area (Å²) in [6.07, 6.45) is 15.1. The molecule has 0 atom stereocenters. The molecule has 138 valence electrons. The van der Waals surface area contributed by atoms with Crippen LogP contribution >= 0.6 is 12.6 Å². The Hall–Kier alpha value is -0.220. The number of unbranched alkanes of at least 4 members (excludes halogenated alkanes) is 10. The van der Waals surface area contributed by atoms with Gasteiger partial charge in [0.2, 0.25) is 0 Å². The van der Waals surface area contributed by atoms with Gasteiger partial charge in [0.15, 0.2) is 0 Å².